The quantitative estimate of drug-likeness (QED) is 0.0308. The van der Waals surface area contributed by atoms with Crippen LogP contribution < -0.4 is 5.32 Å². The van der Waals surface area contributed by atoms with Crippen LogP contribution in [0.25, 0.3) is 0 Å². The van der Waals surface area contributed by atoms with E-state index in [1.165, 1.54) is 289 Å². The van der Waals surface area contributed by atoms with Crippen LogP contribution in [0.15, 0.2) is 12.2 Å². The van der Waals surface area contributed by atoms with E-state index >= 15 is 0 Å². The summed E-state index contributed by atoms with van der Waals surface area (Å²) >= 11 is 0. The SMILES string of the molecule is CCCCCCCCCCCC/C=C/CCCC(O)C(O)C(CO)NC(=O)C(O)CCCCCCCCCCCCCCCCCCCCCCCCCCCCCCCCCCCCCCCC. The smallest absolute Gasteiger partial charge is 0.249 e. The third kappa shape index (κ3) is 51.7. The number of rotatable bonds is 59. The van der Waals surface area contributed by atoms with Crippen molar-refractivity contribution in [1.29, 1.82) is 0 Å². The van der Waals surface area contributed by atoms with Gasteiger partial charge in [-0.2, -0.15) is 0 Å². The summed E-state index contributed by atoms with van der Waals surface area (Å²) in [6, 6.07) is -0.998. The number of nitrogens with one attached hydrogen (secondary N) is 1. The molecule has 0 spiro atoms. The highest BCUT2D eigenvalue weighted by atomic mass is 16.3. The predicted octanol–water partition coefficient (Wildman–Crippen LogP) is 18.8. The molecule has 0 aliphatic carbocycles. The minimum atomic E-state index is -1.28. The van der Waals surface area contributed by atoms with Gasteiger partial charge >= 0.3 is 0 Å². The second-order valence-corrected chi connectivity index (χ2v) is 22.1. The fourth-order valence-electron chi connectivity index (χ4n) is 10.3. The minimum absolute atomic E-state index is 0.369. The Kier molecular flexibility index (Phi) is 57.1. The van der Waals surface area contributed by atoms with Crippen LogP contribution in [0, 0.1) is 0 Å². The molecule has 0 fully saturated rings. The molecule has 412 valence electrons. The number of aliphatic hydroxyl groups excluding tert-OH is 4. The third-order valence-corrected chi connectivity index (χ3v) is 15.2. The predicted molar refractivity (Wildman–Crippen MR) is 302 cm³/mol. The molecule has 0 aliphatic heterocycles. The fraction of sp³-hybridized carbons (Fsp3) is 0.952. The normalized spacial score (nSPS) is 13.7. The molecule has 0 aromatic heterocycles. The van der Waals surface area contributed by atoms with Gasteiger partial charge in [0.05, 0.1) is 18.8 Å². The molecular weight excluding hydrogens is 851 g/mol. The Morgan fingerprint density at radius 2 is 0.594 bits per heavy atom. The summed E-state index contributed by atoms with van der Waals surface area (Å²) in [6.45, 7) is 4.08. The molecule has 69 heavy (non-hydrogen) atoms. The number of aliphatic hydroxyl groups is 4. The summed E-state index contributed by atoms with van der Waals surface area (Å²) in [5.41, 5.74) is 0. The molecule has 0 heterocycles. The number of carbonyl (C=O) groups is 1. The van der Waals surface area contributed by atoms with Crippen LogP contribution in [-0.4, -0.2) is 57.3 Å². The maximum absolute atomic E-state index is 12.6. The summed E-state index contributed by atoms with van der Waals surface area (Å²) in [6.07, 6.45) is 70.5. The number of amides is 1. The van der Waals surface area contributed by atoms with Crippen molar-refractivity contribution in [2.75, 3.05) is 6.61 Å². The summed E-state index contributed by atoms with van der Waals surface area (Å²) in [7, 11) is 0. The first-order valence-electron chi connectivity index (χ1n) is 31.6. The highest BCUT2D eigenvalue weighted by molar-refractivity contribution is 5.80. The van der Waals surface area contributed by atoms with Crippen molar-refractivity contribution in [3.63, 3.8) is 0 Å². The topological polar surface area (TPSA) is 110 Å². The lowest BCUT2D eigenvalue weighted by molar-refractivity contribution is -0.132. The zero-order chi connectivity index (χ0) is 50.2. The maximum atomic E-state index is 12.6. The van der Waals surface area contributed by atoms with Crippen LogP contribution in [0.3, 0.4) is 0 Å². The van der Waals surface area contributed by atoms with Crippen LogP contribution in [0.1, 0.15) is 354 Å². The third-order valence-electron chi connectivity index (χ3n) is 15.2. The Balaban J connectivity index is 3.48. The average molecular weight is 977 g/mol. The molecule has 5 N–H and O–H groups in total. The molecule has 0 saturated carbocycles. The van der Waals surface area contributed by atoms with E-state index in [-0.39, 0.29) is 0 Å². The van der Waals surface area contributed by atoms with Crippen molar-refractivity contribution in [3.05, 3.63) is 12.2 Å². The van der Waals surface area contributed by atoms with Gasteiger partial charge < -0.3 is 25.7 Å². The van der Waals surface area contributed by atoms with Gasteiger partial charge in [-0.15, -0.1) is 0 Å². The first kappa shape index (κ1) is 68.0. The van der Waals surface area contributed by atoms with E-state index in [2.05, 4.69) is 31.3 Å². The first-order valence-corrected chi connectivity index (χ1v) is 31.6. The second kappa shape index (κ2) is 57.9. The Labute approximate surface area is 432 Å². The Hall–Kier alpha value is -0.950. The van der Waals surface area contributed by atoms with E-state index in [4.69, 9.17) is 0 Å². The van der Waals surface area contributed by atoms with E-state index in [0.29, 0.717) is 12.8 Å². The summed E-state index contributed by atoms with van der Waals surface area (Å²) < 4.78 is 0. The van der Waals surface area contributed by atoms with E-state index < -0.39 is 36.9 Å². The highest BCUT2D eigenvalue weighted by Crippen LogP contribution is 2.19. The van der Waals surface area contributed by atoms with Gasteiger partial charge in [0.15, 0.2) is 0 Å². The molecule has 6 nitrogen and oxygen atoms in total. The van der Waals surface area contributed by atoms with Gasteiger partial charge in [-0.1, -0.05) is 328 Å². The largest absolute Gasteiger partial charge is 0.394 e. The van der Waals surface area contributed by atoms with Gasteiger partial charge in [-0.3, -0.25) is 4.79 Å². The molecule has 1 amide bonds. The highest BCUT2D eigenvalue weighted by Gasteiger charge is 2.28. The molecule has 0 bridgehead atoms. The zero-order valence-corrected chi connectivity index (χ0v) is 46.8. The van der Waals surface area contributed by atoms with Gasteiger partial charge in [-0.05, 0) is 38.5 Å². The van der Waals surface area contributed by atoms with E-state index in [1.807, 2.05) is 0 Å². The molecule has 4 atom stereocenters. The van der Waals surface area contributed by atoms with Gasteiger partial charge in [0.25, 0.3) is 0 Å². The molecule has 0 aromatic rings. The summed E-state index contributed by atoms with van der Waals surface area (Å²) in [5.74, 6) is -0.586. The lowest BCUT2D eigenvalue weighted by Gasteiger charge is -2.27. The summed E-state index contributed by atoms with van der Waals surface area (Å²) in [5, 5.41) is 43.9. The van der Waals surface area contributed by atoms with Crippen LogP contribution >= 0.6 is 0 Å². The maximum Gasteiger partial charge on any atom is 0.249 e. The zero-order valence-electron chi connectivity index (χ0n) is 46.8. The molecule has 4 unspecified atom stereocenters. The van der Waals surface area contributed by atoms with Gasteiger partial charge in [-0.25, -0.2) is 0 Å². The fourth-order valence-corrected chi connectivity index (χ4v) is 10.3. The number of hydrogen-bond donors (Lipinski definition) is 5. The van der Waals surface area contributed by atoms with Crippen molar-refractivity contribution < 1.29 is 25.2 Å². The van der Waals surface area contributed by atoms with Crippen LogP contribution in [0.5, 0.6) is 0 Å². The monoisotopic (exact) mass is 976 g/mol. The van der Waals surface area contributed by atoms with Crippen LogP contribution in [0.2, 0.25) is 0 Å². The Morgan fingerprint density at radius 3 is 0.870 bits per heavy atom. The average Bonchev–Trinajstić information content (AvgIpc) is 3.35. The van der Waals surface area contributed by atoms with Crippen molar-refractivity contribution >= 4 is 5.91 Å². The second-order valence-electron chi connectivity index (χ2n) is 22.1. The first-order chi connectivity index (χ1) is 34.0. The van der Waals surface area contributed by atoms with Gasteiger partial charge in [0, 0.05) is 0 Å². The standard InChI is InChI=1S/C63H125NO5/c1-3-5-7-9-11-13-15-17-19-20-21-22-23-24-25-26-27-28-29-30-31-32-33-34-35-36-37-38-39-40-41-43-45-47-49-51-53-55-57-61(67)63(69)64-59(58-65)62(68)60(66)56-54-52-50-48-46-44-42-18-16-14-12-10-8-6-4-2/h48,50,59-62,65-68H,3-47,49,51-58H2,1-2H3,(H,64,69)/b50-48+. The number of carbonyl (C=O) groups excluding carboxylic acids is 1. The molecule has 0 saturated heterocycles. The van der Waals surface area contributed by atoms with Crippen molar-refractivity contribution in [2.24, 2.45) is 0 Å². The Bertz CT molecular complexity index is 1010. The van der Waals surface area contributed by atoms with Crippen LogP contribution in [-0.2, 0) is 4.79 Å². The minimum Gasteiger partial charge on any atom is -0.394 e. The lowest BCUT2D eigenvalue weighted by Crippen LogP contribution is -2.53. The molecular formula is C63H125NO5. The number of allylic oxidation sites excluding steroid dienone is 2. The molecule has 6 heteroatoms. The van der Waals surface area contributed by atoms with E-state index in [0.717, 1.165) is 38.5 Å². The lowest BCUT2D eigenvalue weighted by atomic mass is 10.00. The molecule has 0 aliphatic rings. The van der Waals surface area contributed by atoms with Gasteiger partial charge in [0.1, 0.15) is 12.2 Å². The molecule has 0 rings (SSSR count). The van der Waals surface area contributed by atoms with Crippen molar-refractivity contribution in [1.82, 2.24) is 5.32 Å². The molecule has 0 radical (unpaired) electrons. The molecule has 0 aromatic carbocycles. The van der Waals surface area contributed by atoms with Crippen LogP contribution in [0.4, 0.5) is 0 Å². The van der Waals surface area contributed by atoms with Crippen molar-refractivity contribution in [3.8, 4) is 0 Å². The summed E-state index contributed by atoms with van der Waals surface area (Å²) in [4.78, 5) is 12.6. The Morgan fingerprint density at radius 1 is 0.348 bits per heavy atom. The van der Waals surface area contributed by atoms with Crippen molar-refractivity contribution in [2.45, 2.75) is 379 Å². The van der Waals surface area contributed by atoms with Gasteiger partial charge in [0.2, 0.25) is 5.91 Å². The van der Waals surface area contributed by atoms with E-state index in [9.17, 15) is 25.2 Å². The van der Waals surface area contributed by atoms with E-state index in [1.54, 1.807) is 0 Å². The number of hydrogen-bond acceptors (Lipinski definition) is 5. The number of unbranched alkanes of at least 4 members (excludes halogenated alkanes) is 48.